The number of carbonyl (C=O) groups excluding carboxylic acids is 1. The van der Waals surface area contributed by atoms with Gasteiger partial charge < -0.3 is 10.3 Å². The van der Waals surface area contributed by atoms with E-state index in [9.17, 15) is 4.79 Å². The molecule has 3 rings (SSSR count). The summed E-state index contributed by atoms with van der Waals surface area (Å²) in [6.45, 7) is 2.46. The van der Waals surface area contributed by atoms with E-state index in [4.69, 9.17) is 17.3 Å². The maximum Gasteiger partial charge on any atom is 0.230 e. The maximum absolute atomic E-state index is 11.4. The lowest BCUT2D eigenvalue weighted by Crippen LogP contribution is -2.23. The van der Waals surface area contributed by atoms with Crippen molar-refractivity contribution in [3.05, 3.63) is 59.1 Å². The van der Waals surface area contributed by atoms with Crippen molar-refractivity contribution < 1.29 is 4.79 Å². The Morgan fingerprint density at radius 3 is 2.74 bits per heavy atom. The Hall–Kier alpha value is -1.98. The number of fused-ring (bicyclic) bond motifs is 1. The summed E-state index contributed by atoms with van der Waals surface area (Å²) in [7, 11) is 0. The SMILES string of the molecule is C[C@@H](Sc1nc2cc(Cl)ccc2n1Cc1ccccc1)C(N)=O. The first kappa shape index (κ1) is 15.9. The molecule has 0 saturated carbocycles. The number of aromatic nitrogens is 2. The van der Waals surface area contributed by atoms with E-state index < -0.39 is 0 Å². The Kier molecular flexibility index (Phi) is 4.59. The van der Waals surface area contributed by atoms with Crippen LogP contribution in [-0.4, -0.2) is 20.7 Å². The fourth-order valence-electron chi connectivity index (χ4n) is 2.31. The average molecular weight is 346 g/mol. The summed E-state index contributed by atoms with van der Waals surface area (Å²) in [6, 6.07) is 15.7. The van der Waals surface area contributed by atoms with Crippen LogP contribution in [0.15, 0.2) is 53.7 Å². The van der Waals surface area contributed by atoms with Gasteiger partial charge in [0, 0.05) is 5.02 Å². The second-order valence-electron chi connectivity index (χ2n) is 5.26. The Balaban J connectivity index is 2.06. The van der Waals surface area contributed by atoms with E-state index in [0.29, 0.717) is 11.6 Å². The highest BCUT2D eigenvalue weighted by Crippen LogP contribution is 2.29. The predicted octanol–water partition coefficient (Wildman–Crippen LogP) is 3.70. The van der Waals surface area contributed by atoms with E-state index in [-0.39, 0.29) is 11.2 Å². The average Bonchev–Trinajstić information content (AvgIpc) is 2.85. The number of hydrogen-bond donors (Lipinski definition) is 1. The Morgan fingerprint density at radius 1 is 1.30 bits per heavy atom. The number of benzene rings is 2. The van der Waals surface area contributed by atoms with Crippen LogP contribution in [0.5, 0.6) is 0 Å². The molecule has 1 amide bonds. The second-order valence-corrected chi connectivity index (χ2v) is 7.01. The Morgan fingerprint density at radius 2 is 2.04 bits per heavy atom. The molecule has 0 aliphatic heterocycles. The number of thioether (sulfide) groups is 1. The summed E-state index contributed by atoms with van der Waals surface area (Å²) in [6.07, 6.45) is 0. The number of nitrogens with zero attached hydrogens (tertiary/aromatic N) is 2. The van der Waals surface area contributed by atoms with Gasteiger partial charge in [0.15, 0.2) is 5.16 Å². The number of rotatable bonds is 5. The molecular weight excluding hydrogens is 330 g/mol. The van der Waals surface area contributed by atoms with Crippen molar-refractivity contribution >= 4 is 40.3 Å². The highest BCUT2D eigenvalue weighted by atomic mass is 35.5. The molecule has 0 bridgehead atoms. The number of halogens is 1. The van der Waals surface area contributed by atoms with Crippen molar-refractivity contribution in [1.82, 2.24) is 9.55 Å². The summed E-state index contributed by atoms with van der Waals surface area (Å²) >= 11 is 7.43. The Bertz CT molecular complexity index is 848. The monoisotopic (exact) mass is 345 g/mol. The lowest BCUT2D eigenvalue weighted by atomic mass is 10.2. The molecule has 0 aliphatic rings. The van der Waals surface area contributed by atoms with Gasteiger partial charge in [-0.1, -0.05) is 53.7 Å². The normalized spacial score (nSPS) is 12.4. The first-order valence-electron chi connectivity index (χ1n) is 7.20. The van der Waals surface area contributed by atoms with Crippen molar-refractivity contribution in [2.24, 2.45) is 5.73 Å². The van der Waals surface area contributed by atoms with Crippen LogP contribution >= 0.6 is 23.4 Å². The van der Waals surface area contributed by atoms with Crippen LogP contribution in [0.3, 0.4) is 0 Å². The lowest BCUT2D eigenvalue weighted by Gasteiger charge is -2.11. The number of nitrogens with two attached hydrogens (primary N) is 1. The third kappa shape index (κ3) is 3.51. The number of hydrogen-bond acceptors (Lipinski definition) is 3. The topological polar surface area (TPSA) is 60.9 Å². The van der Waals surface area contributed by atoms with Gasteiger partial charge in [0.25, 0.3) is 0 Å². The predicted molar refractivity (Wildman–Crippen MR) is 94.8 cm³/mol. The fraction of sp³-hybridized carbons (Fsp3) is 0.176. The van der Waals surface area contributed by atoms with Crippen LogP contribution < -0.4 is 5.73 Å². The molecule has 1 aromatic heterocycles. The molecule has 118 valence electrons. The van der Waals surface area contributed by atoms with Crippen molar-refractivity contribution in [2.75, 3.05) is 0 Å². The van der Waals surface area contributed by atoms with Crippen LogP contribution in [0.25, 0.3) is 11.0 Å². The van der Waals surface area contributed by atoms with E-state index in [0.717, 1.165) is 21.8 Å². The van der Waals surface area contributed by atoms with E-state index in [2.05, 4.69) is 21.7 Å². The lowest BCUT2D eigenvalue weighted by molar-refractivity contribution is -0.117. The number of amides is 1. The molecule has 0 fully saturated rings. The molecule has 0 saturated heterocycles. The van der Waals surface area contributed by atoms with E-state index >= 15 is 0 Å². The summed E-state index contributed by atoms with van der Waals surface area (Å²) in [5.74, 6) is -0.355. The Labute approximate surface area is 143 Å². The molecule has 6 heteroatoms. The van der Waals surface area contributed by atoms with Crippen molar-refractivity contribution in [3.8, 4) is 0 Å². The minimum Gasteiger partial charge on any atom is -0.369 e. The van der Waals surface area contributed by atoms with Gasteiger partial charge >= 0.3 is 0 Å². The summed E-state index contributed by atoms with van der Waals surface area (Å²) in [4.78, 5) is 16.0. The summed E-state index contributed by atoms with van der Waals surface area (Å²) in [5, 5.41) is 1.05. The van der Waals surface area contributed by atoms with E-state index in [1.165, 1.54) is 11.8 Å². The molecule has 4 nitrogen and oxygen atoms in total. The standard InChI is InChI=1S/C17H16ClN3OS/c1-11(16(19)22)23-17-20-14-9-13(18)7-8-15(14)21(17)10-12-5-3-2-4-6-12/h2-9,11H,10H2,1H3,(H2,19,22)/t11-/m1/s1. The van der Waals surface area contributed by atoms with Gasteiger partial charge in [-0.25, -0.2) is 4.98 Å². The van der Waals surface area contributed by atoms with Gasteiger partial charge in [-0.15, -0.1) is 0 Å². The van der Waals surface area contributed by atoms with Gasteiger partial charge in [-0.3, -0.25) is 4.79 Å². The molecule has 2 aromatic carbocycles. The van der Waals surface area contributed by atoms with Gasteiger partial charge in [0.05, 0.1) is 22.8 Å². The minimum atomic E-state index is -0.355. The summed E-state index contributed by atoms with van der Waals surface area (Å²) in [5.41, 5.74) is 8.35. The number of carbonyl (C=O) groups is 1. The minimum absolute atomic E-state index is 0.350. The maximum atomic E-state index is 11.4. The van der Waals surface area contributed by atoms with Crippen molar-refractivity contribution in [2.45, 2.75) is 23.9 Å². The van der Waals surface area contributed by atoms with Crippen LogP contribution in [-0.2, 0) is 11.3 Å². The third-order valence-electron chi connectivity index (χ3n) is 3.54. The highest BCUT2D eigenvalue weighted by Gasteiger charge is 2.18. The zero-order chi connectivity index (χ0) is 16.4. The van der Waals surface area contributed by atoms with Gasteiger partial charge in [0.2, 0.25) is 5.91 Å². The molecule has 0 spiro atoms. The van der Waals surface area contributed by atoms with Crippen LogP contribution in [0.1, 0.15) is 12.5 Å². The molecule has 2 N–H and O–H groups in total. The fourth-order valence-corrected chi connectivity index (χ4v) is 3.35. The summed E-state index contributed by atoms with van der Waals surface area (Å²) < 4.78 is 2.09. The molecule has 0 aliphatic carbocycles. The van der Waals surface area contributed by atoms with Crippen molar-refractivity contribution in [3.63, 3.8) is 0 Å². The van der Waals surface area contributed by atoms with Gasteiger partial charge in [-0.2, -0.15) is 0 Å². The van der Waals surface area contributed by atoms with Crippen molar-refractivity contribution in [1.29, 1.82) is 0 Å². The van der Waals surface area contributed by atoms with Gasteiger partial charge in [0.1, 0.15) is 0 Å². The zero-order valence-corrected chi connectivity index (χ0v) is 14.1. The zero-order valence-electron chi connectivity index (χ0n) is 12.6. The largest absolute Gasteiger partial charge is 0.369 e. The molecule has 3 aromatic rings. The number of imidazole rings is 1. The first-order valence-corrected chi connectivity index (χ1v) is 8.46. The third-order valence-corrected chi connectivity index (χ3v) is 4.89. The van der Waals surface area contributed by atoms with E-state index in [1.54, 1.807) is 6.92 Å². The smallest absolute Gasteiger partial charge is 0.230 e. The first-order chi connectivity index (χ1) is 11.0. The molecule has 0 unspecified atom stereocenters. The molecule has 1 atom stereocenters. The van der Waals surface area contributed by atoms with Crippen LogP contribution in [0, 0.1) is 0 Å². The van der Waals surface area contributed by atoms with E-state index in [1.807, 2.05) is 36.4 Å². The quantitative estimate of drug-likeness (QED) is 0.717. The van der Waals surface area contributed by atoms with Crippen LogP contribution in [0.4, 0.5) is 0 Å². The molecular formula is C17H16ClN3OS. The van der Waals surface area contributed by atoms with Gasteiger partial charge in [-0.05, 0) is 30.7 Å². The number of primary amides is 1. The second kappa shape index (κ2) is 6.64. The van der Waals surface area contributed by atoms with Crippen LogP contribution in [0.2, 0.25) is 5.02 Å². The molecule has 0 radical (unpaired) electrons. The molecule has 1 heterocycles. The molecule has 23 heavy (non-hydrogen) atoms. The highest BCUT2D eigenvalue weighted by molar-refractivity contribution is 8.00.